The van der Waals surface area contributed by atoms with Gasteiger partial charge in [0.15, 0.2) is 5.82 Å². The van der Waals surface area contributed by atoms with Crippen LogP contribution >= 0.6 is 15.9 Å². The molecule has 0 amide bonds. The molecule has 0 fully saturated rings. The molecule has 0 aliphatic carbocycles. The van der Waals surface area contributed by atoms with Gasteiger partial charge >= 0.3 is 0 Å². The van der Waals surface area contributed by atoms with Gasteiger partial charge in [-0.05, 0) is 21.3 Å². The van der Waals surface area contributed by atoms with E-state index in [1.54, 1.807) is 11.2 Å². The first-order valence-electron chi connectivity index (χ1n) is 4.38. The van der Waals surface area contributed by atoms with Crippen LogP contribution in [0.15, 0.2) is 17.0 Å². The molecule has 0 aliphatic heterocycles. The van der Waals surface area contributed by atoms with Gasteiger partial charge in [-0.1, -0.05) is 20.8 Å². The summed E-state index contributed by atoms with van der Waals surface area (Å²) in [5, 5.41) is 1.63. The van der Waals surface area contributed by atoms with Crippen LogP contribution in [0.5, 0.6) is 0 Å². The number of aromatic nitrogens is 2. The van der Waals surface area contributed by atoms with Crippen LogP contribution in [0.1, 0.15) is 20.8 Å². The fourth-order valence-electron chi connectivity index (χ4n) is 1.10. The molecular formula is C9H15BrN4. The average Bonchev–Trinajstić information content (AvgIpc) is 2.01. The maximum atomic E-state index is 5.90. The molecule has 0 saturated heterocycles. The highest BCUT2D eigenvalue weighted by Crippen LogP contribution is 2.23. The van der Waals surface area contributed by atoms with Gasteiger partial charge in [0.2, 0.25) is 0 Å². The second kappa shape index (κ2) is 4.23. The van der Waals surface area contributed by atoms with Gasteiger partial charge in [-0.15, -0.1) is 0 Å². The fourth-order valence-corrected chi connectivity index (χ4v) is 1.55. The van der Waals surface area contributed by atoms with Gasteiger partial charge in [-0.2, -0.15) is 0 Å². The lowest BCUT2D eigenvalue weighted by Gasteiger charge is -2.27. The Balaban J connectivity index is 2.80. The minimum atomic E-state index is 0.138. The summed E-state index contributed by atoms with van der Waals surface area (Å²) in [6, 6.07) is 0. The summed E-state index contributed by atoms with van der Waals surface area (Å²) in [4.78, 5) is 7.99. The van der Waals surface area contributed by atoms with Crippen molar-refractivity contribution >= 4 is 21.7 Å². The minimum absolute atomic E-state index is 0.138. The lowest BCUT2D eigenvalue weighted by Crippen LogP contribution is -2.39. The predicted molar refractivity (Wildman–Crippen MR) is 60.7 cm³/mol. The Hall–Kier alpha value is -0.680. The number of hydrogen-bond acceptors (Lipinski definition) is 4. The second-order valence-corrected chi connectivity index (χ2v) is 5.24. The molecule has 1 rings (SSSR count). The van der Waals surface area contributed by atoms with Crippen LogP contribution in [0.2, 0.25) is 0 Å². The van der Waals surface area contributed by atoms with Gasteiger partial charge < -0.3 is 0 Å². The zero-order chi connectivity index (χ0) is 10.8. The van der Waals surface area contributed by atoms with E-state index in [2.05, 4.69) is 46.7 Å². The van der Waals surface area contributed by atoms with E-state index in [4.69, 9.17) is 5.84 Å². The number of anilines is 1. The number of nitrogens with two attached hydrogens (primary N) is 1. The van der Waals surface area contributed by atoms with Gasteiger partial charge in [0.05, 0.1) is 4.47 Å². The normalized spacial score (nSPS) is 11.5. The first-order valence-corrected chi connectivity index (χ1v) is 5.17. The van der Waals surface area contributed by atoms with E-state index < -0.39 is 0 Å². The molecule has 0 saturated carbocycles. The molecule has 0 radical (unpaired) electrons. The van der Waals surface area contributed by atoms with Gasteiger partial charge in [0, 0.05) is 12.7 Å². The van der Waals surface area contributed by atoms with Crippen molar-refractivity contribution in [2.24, 2.45) is 11.3 Å². The summed E-state index contributed by atoms with van der Waals surface area (Å²) < 4.78 is 0.812. The maximum absolute atomic E-state index is 5.90. The van der Waals surface area contributed by atoms with Gasteiger partial charge in [0.1, 0.15) is 6.33 Å². The number of rotatable bonds is 2. The number of nitrogens with zero attached hydrogens (tertiary/aromatic N) is 3. The Morgan fingerprint density at radius 1 is 1.50 bits per heavy atom. The third-order valence-corrected chi connectivity index (χ3v) is 2.12. The van der Waals surface area contributed by atoms with Crippen LogP contribution in [0, 0.1) is 5.41 Å². The molecule has 5 heteroatoms. The van der Waals surface area contributed by atoms with E-state index in [-0.39, 0.29) is 5.41 Å². The minimum Gasteiger partial charge on any atom is -0.293 e. The molecule has 78 valence electrons. The SMILES string of the molecule is CC(C)(C)CN(N)c1ncncc1Br. The van der Waals surface area contributed by atoms with E-state index in [9.17, 15) is 0 Å². The van der Waals surface area contributed by atoms with E-state index >= 15 is 0 Å². The average molecular weight is 259 g/mol. The number of halogens is 1. The molecule has 0 aliphatic rings. The third kappa shape index (κ3) is 3.23. The van der Waals surface area contributed by atoms with E-state index in [0.717, 1.165) is 16.8 Å². The lowest BCUT2D eigenvalue weighted by atomic mass is 9.97. The summed E-state index contributed by atoms with van der Waals surface area (Å²) in [6.07, 6.45) is 3.17. The molecule has 2 N–H and O–H groups in total. The van der Waals surface area contributed by atoms with E-state index in [1.807, 2.05) is 0 Å². The molecule has 0 bridgehead atoms. The topological polar surface area (TPSA) is 55.0 Å². The summed E-state index contributed by atoms with van der Waals surface area (Å²) in [6.45, 7) is 7.12. The van der Waals surface area contributed by atoms with Crippen molar-refractivity contribution in [3.63, 3.8) is 0 Å². The van der Waals surface area contributed by atoms with E-state index in [1.165, 1.54) is 6.33 Å². The first-order chi connectivity index (χ1) is 6.40. The van der Waals surface area contributed by atoms with Crippen molar-refractivity contribution in [3.05, 3.63) is 17.0 Å². The van der Waals surface area contributed by atoms with Crippen LogP contribution in [-0.4, -0.2) is 16.5 Å². The molecular weight excluding hydrogens is 244 g/mol. The molecule has 1 aromatic heterocycles. The van der Waals surface area contributed by atoms with Crippen molar-refractivity contribution in [3.8, 4) is 0 Å². The number of hydrazine groups is 1. The lowest BCUT2D eigenvalue weighted by molar-refractivity contribution is 0.410. The van der Waals surface area contributed by atoms with Crippen LogP contribution < -0.4 is 10.9 Å². The number of hydrogen-bond donors (Lipinski definition) is 1. The highest BCUT2D eigenvalue weighted by molar-refractivity contribution is 9.10. The Kier molecular flexibility index (Phi) is 3.44. The first kappa shape index (κ1) is 11.4. The standard InChI is InChI=1S/C9H15BrN4/c1-9(2,3)5-14(11)8-7(10)4-12-6-13-8/h4,6H,5,11H2,1-3H3. The molecule has 14 heavy (non-hydrogen) atoms. The molecule has 0 atom stereocenters. The van der Waals surface area contributed by atoms with Crippen LogP contribution in [0.3, 0.4) is 0 Å². The van der Waals surface area contributed by atoms with Crippen molar-refractivity contribution in [2.75, 3.05) is 11.6 Å². The van der Waals surface area contributed by atoms with Crippen LogP contribution in [0.4, 0.5) is 5.82 Å². The molecule has 0 aromatic carbocycles. The Labute approximate surface area is 92.6 Å². The molecule has 1 heterocycles. The van der Waals surface area contributed by atoms with Crippen molar-refractivity contribution in [2.45, 2.75) is 20.8 Å². The van der Waals surface area contributed by atoms with Gasteiger partial charge in [-0.3, -0.25) is 5.01 Å². The Bertz CT molecular complexity index is 308. The smallest absolute Gasteiger partial charge is 0.160 e. The maximum Gasteiger partial charge on any atom is 0.160 e. The van der Waals surface area contributed by atoms with Crippen molar-refractivity contribution < 1.29 is 0 Å². The van der Waals surface area contributed by atoms with Gasteiger partial charge in [-0.25, -0.2) is 15.8 Å². The van der Waals surface area contributed by atoms with Crippen LogP contribution in [-0.2, 0) is 0 Å². The zero-order valence-electron chi connectivity index (χ0n) is 8.66. The van der Waals surface area contributed by atoms with Gasteiger partial charge in [0.25, 0.3) is 0 Å². The van der Waals surface area contributed by atoms with Crippen molar-refractivity contribution in [1.82, 2.24) is 9.97 Å². The second-order valence-electron chi connectivity index (χ2n) is 4.38. The highest BCUT2D eigenvalue weighted by atomic mass is 79.9. The van der Waals surface area contributed by atoms with E-state index in [0.29, 0.717) is 0 Å². The quantitative estimate of drug-likeness (QED) is 0.651. The third-order valence-electron chi connectivity index (χ3n) is 1.56. The largest absolute Gasteiger partial charge is 0.293 e. The highest BCUT2D eigenvalue weighted by Gasteiger charge is 2.16. The predicted octanol–water partition coefficient (Wildman–Crippen LogP) is 1.97. The molecule has 0 spiro atoms. The molecule has 1 aromatic rings. The summed E-state index contributed by atoms with van der Waals surface area (Å²) in [7, 11) is 0. The summed E-state index contributed by atoms with van der Waals surface area (Å²) in [5.41, 5.74) is 0.138. The fraction of sp³-hybridized carbons (Fsp3) is 0.556. The summed E-state index contributed by atoms with van der Waals surface area (Å²) in [5.74, 6) is 6.61. The molecule has 4 nitrogen and oxygen atoms in total. The van der Waals surface area contributed by atoms with Crippen LogP contribution in [0.25, 0.3) is 0 Å². The Morgan fingerprint density at radius 2 is 2.14 bits per heavy atom. The summed E-state index contributed by atoms with van der Waals surface area (Å²) >= 11 is 3.36. The monoisotopic (exact) mass is 258 g/mol. The Morgan fingerprint density at radius 3 is 2.64 bits per heavy atom. The zero-order valence-corrected chi connectivity index (χ0v) is 10.2. The molecule has 0 unspecified atom stereocenters. The van der Waals surface area contributed by atoms with Crippen molar-refractivity contribution in [1.29, 1.82) is 0 Å².